The third-order valence-corrected chi connectivity index (χ3v) is 7.35. The Hall–Kier alpha value is -3.51. The summed E-state index contributed by atoms with van der Waals surface area (Å²) in [5, 5.41) is 2.54. The van der Waals surface area contributed by atoms with Gasteiger partial charge in [0.25, 0.3) is 0 Å². The summed E-state index contributed by atoms with van der Waals surface area (Å²) in [4.78, 5) is 40.8. The molecular formula is C26H28ClF3N4O5. The number of amides is 3. The molecule has 1 saturated heterocycles. The summed E-state index contributed by atoms with van der Waals surface area (Å²) < 4.78 is 50.8. The van der Waals surface area contributed by atoms with Gasteiger partial charge in [0.05, 0.1) is 16.3 Å². The van der Waals surface area contributed by atoms with E-state index in [9.17, 15) is 27.6 Å². The summed E-state index contributed by atoms with van der Waals surface area (Å²) in [7, 11) is 1.17. The monoisotopic (exact) mass is 568 g/mol. The molecule has 2 aromatic rings. The fourth-order valence-electron chi connectivity index (χ4n) is 4.91. The van der Waals surface area contributed by atoms with Gasteiger partial charge < -0.3 is 35.1 Å². The van der Waals surface area contributed by atoms with E-state index in [2.05, 4.69) is 5.32 Å². The zero-order valence-corrected chi connectivity index (χ0v) is 21.8. The van der Waals surface area contributed by atoms with Crippen molar-refractivity contribution in [2.75, 3.05) is 37.8 Å². The van der Waals surface area contributed by atoms with Crippen LogP contribution in [0, 0.1) is 0 Å². The number of fused-ring (bicyclic) bond motifs is 1. The molecule has 3 N–H and O–H groups in total. The van der Waals surface area contributed by atoms with E-state index in [0.29, 0.717) is 38.2 Å². The van der Waals surface area contributed by atoms with Gasteiger partial charge in [-0.1, -0.05) is 29.8 Å². The molecule has 9 nitrogen and oxygen atoms in total. The van der Waals surface area contributed by atoms with Gasteiger partial charge in [-0.3, -0.25) is 0 Å². The predicted molar refractivity (Wildman–Crippen MR) is 137 cm³/mol. The van der Waals surface area contributed by atoms with Gasteiger partial charge in [-0.25, -0.2) is 9.59 Å². The standard InChI is InChI=1S/C26H28ClF3N4O5/c1-38-23(18(14-35)16-12-19(26(28,29)30)22(31)20(27)13-16)39-25(37)33-9-7-17(8-10-33)34-11-6-15-4-2-3-5-21(15)32-24(34)36/h2-5,12-14,17-18,23H,6-11,31H2,1H3,(H,32,36)/t18-,23?/m1/s1. The van der Waals surface area contributed by atoms with Crippen LogP contribution in [0.3, 0.4) is 0 Å². The second kappa shape index (κ2) is 11.7. The summed E-state index contributed by atoms with van der Waals surface area (Å²) >= 11 is 5.90. The van der Waals surface area contributed by atoms with Crippen LogP contribution >= 0.6 is 11.6 Å². The number of ether oxygens (including phenoxy) is 2. The molecule has 1 fully saturated rings. The van der Waals surface area contributed by atoms with Crippen molar-refractivity contribution in [3.63, 3.8) is 0 Å². The average Bonchev–Trinajstić information content (AvgIpc) is 3.07. The Morgan fingerprint density at radius 3 is 2.54 bits per heavy atom. The van der Waals surface area contributed by atoms with Gasteiger partial charge in [0, 0.05) is 38.5 Å². The first-order chi connectivity index (χ1) is 18.5. The summed E-state index contributed by atoms with van der Waals surface area (Å²) in [5.41, 5.74) is 5.27. The van der Waals surface area contributed by atoms with Crippen LogP contribution < -0.4 is 11.1 Å². The number of nitrogens with one attached hydrogen (secondary N) is 1. The molecule has 1 unspecified atom stereocenters. The number of likely N-dealkylation sites (tertiary alicyclic amines) is 1. The zero-order chi connectivity index (χ0) is 28.3. The predicted octanol–water partition coefficient (Wildman–Crippen LogP) is 4.89. The molecule has 2 atom stereocenters. The van der Waals surface area contributed by atoms with E-state index < -0.39 is 40.8 Å². The number of alkyl halides is 3. The third kappa shape index (κ3) is 6.22. The zero-order valence-electron chi connectivity index (χ0n) is 21.0. The summed E-state index contributed by atoms with van der Waals surface area (Å²) in [6, 6.07) is 9.12. The number of para-hydroxylation sites is 1. The molecule has 0 aromatic heterocycles. The molecule has 2 aromatic carbocycles. The number of hydrogen-bond donors (Lipinski definition) is 2. The summed E-state index contributed by atoms with van der Waals surface area (Å²) in [6.45, 7) is 1.08. The fourth-order valence-corrected chi connectivity index (χ4v) is 5.13. The van der Waals surface area contributed by atoms with E-state index in [1.165, 1.54) is 12.0 Å². The first kappa shape index (κ1) is 28.5. The Kier molecular flexibility index (Phi) is 8.55. The largest absolute Gasteiger partial charge is 0.418 e. The van der Waals surface area contributed by atoms with Gasteiger partial charge in [-0.15, -0.1) is 0 Å². The highest BCUT2D eigenvalue weighted by atomic mass is 35.5. The molecule has 210 valence electrons. The van der Waals surface area contributed by atoms with Crippen LogP contribution in [0.5, 0.6) is 0 Å². The molecule has 3 amide bonds. The molecule has 2 heterocycles. The molecule has 0 bridgehead atoms. The Labute approximate surface area is 228 Å². The molecule has 2 aliphatic rings. The lowest BCUT2D eigenvalue weighted by molar-refractivity contribution is -0.138. The Bertz CT molecular complexity index is 1240. The minimum Gasteiger partial charge on any atom is -0.418 e. The van der Waals surface area contributed by atoms with Crippen molar-refractivity contribution in [1.29, 1.82) is 0 Å². The van der Waals surface area contributed by atoms with Gasteiger partial charge in [-0.2, -0.15) is 13.2 Å². The maximum Gasteiger partial charge on any atom is 0.418 e. The van der Waals surface area contributed by atoms with E-state index in [0.717, 1.165) is 17.3 Å². The molecule has 13 heteroatoms. The Balaban J connectivity index is 1.40. The van der Waals surface area contributed by atoms with Crippen molar-refractivity contribution in [3.8, 4) is 0 Å². The number of methoxy groups -OCH3 is 1. The van der Waals surface area contributed by atoms with Gasteiger partial charge >= 0.3 is 18.3 Å². The second-order valence-electron chi connectivity index (χ2n) is 9.36. The molecule has 0 radical (unpaired) electrons. The van der Waals surface area contributed by atoms with Crippen molar-refractivity contribution in [2.24, 2.45) is 0 Å². The van der Waals surface area contributed by atoms with Crippen LogP contribution in [0.25, 0.3) is 0 Å². The van der Waals surface area contributed by atoms with Crippen molar-refractivity contribution < 1.29 is 37.0 Å². The molecule has 39 heavy (non-hydrogen) atoms. The number of rotatable bonds is 6. The number of nitrogen functional groups attached to an aromatic ring is 1. The quantitative estimate of drug-likeness (QED) is 0.291. The Morgan fingerprint density at radius 1 is 1.21 bits per heavy atom. The maximum atomic E-state index is 13.4. The summed E-state index contributed by atoms with van der Waals surface area (Å²) in [6.07, 6.45) is -5.10. The number of nitrogens with two attached hydrogens (primary N) is 1. The highest BCUT2D eigenvalue weighted by molar-refractivity contribution is 6.33. The lowest BCUT2D eigenvalue weighted by Crippen LogP contribution is -2.50. The van der Waals surface area contributed by atoms with Gasteiger partial charge in [-0.05, 0) is 48.6 Å². The highest BCUT2D eigenvalue weighted by Gasteiger charge is 2.37. The van der Waals surface area contributed by atoms with Crippen LogP contribution in [-0.2, 0) is 26.9 Å². The van der Waals surface area contributed by atoms with Crippen molar-refractivity contribution in [3.05, 3.63) is 58.1 Å². The number of nitrogens with zero attached hydrogens (tertiary/aromatic N) is 2. The molecule has 2 aliphatic heterocycles. The van der Waals surface area contributed by atoms with Crippen molar-refractivity contribution in [1.82, 2.24) is 9.80 Å². The van der Waals surface area contributed by atoms with Crippen LogP contribution in [-0.4, -0.2) is 67.3 Å². The number of anilines is 2. The van der Waals surface area contributed by atoms with E-state index >= 15 is 0 Å². The molecular weight excluding hydrogens is 541 g/mol. The van der Waals surface area contributed by atoms with E-state index in [1.54, 1.807) is 4.90 Å². The molecule has 4 rings (SSSR count). The van der Waals surface area contributed by atoms with E-state index in [1.807, 2.05) is 24.3 Å². The average molecular weight is 569 g/mol. The van der Waals surface area contributed by atoms with Crippen molar-refractivity contribution in [2.45, 2.75) is 43.7 Å². The van der Waals surface area contributed by atoms with Gasteiger partial charge in [0.15, 0.2) is 0 Å². The summed E-state index contributed by atoms with van der Waals surface area (Å²) in [5.74, 6) is -1.39. The van der Waals surface area contributed by atoms with E-state index in [-0.39, 0.29) is 30.7 Å². The number of urea groups is 1. The molecule has 0 spiro atoms. The fraction of sp³-hybridized carbons (Fsp3) is 0.423. The number of aldehydes is 1. The van der Waals surface area contributed by atoms with Gasteiger partial charge in [0.1, 0.15) is 12.2 Å². The first-order valence-corrected chi connectivity index (χ1v) is 12.7. The SMILES string of the molecule is COC(OC(=O)N1CCC(N2CCc3ccccc3NC2=O)CC1)[C@H](C=O)c1cc(Cl)c(N)c(C(F)(F)F)c1. The van der Waals surface area contributed by atoms with Crippen LogP contribution in [0.2, 0.25) is 5.02 Å². The topological polar surface area (TPSA) is 114 Å². The number of benzene rings is 2. The minimum absolute atomic E-state index is 0.0954. The first-order valence-electron chi connectivity index (χ1n) is 12.3. The lowest BCUT2D eigenvalue weighted by Gasteiger charge is -2.38. The number of carbonyl (C=O) groups is 3. The van der Waals surface area contributed by atoms with Crippen LogP contribution in [0.1, 0.15) is 35.4 Å². The van der Waals surface area contributed by atoms with Crippen LogP contribution in [0.15, 0.2) is 36.4 Å². The smallest absolute Gasteiger partial charge is 0.418 e. The van der Waals surface area contributed by atoms with Gasteiger partial charge in [0.2, 0.25) is 6.29 Å². The number of carbonyl (C=O) groups excluding carboxylic acids is 3. The lowest BCUT2D eigenvalue weighted by atomic mass is 9.96. The number of halogens is 4. The minimum atomic E-state index is -4.81. The molecule has 0 saturated carbocycles. The highest BCUT2D eigenvalue weighted by Crippen LogP contribution is 2.39. The third-order valence-electron chi connectivity index (χ3n) is 7.04. The maximum absolute atomic E-state index is 13.4. The van der Waals surface area contributed by atoms with Crippen molar-refractivity contribution >= 4 is 41.4 Å². The van der Waals surface area contributed by atoms with E-state index in [4.69, 9.17) is 26.8 Å². The number of piperidine rings is 1. The Morgan fingerprint density at radius 2 is 1.90 bits per heavy atom. The molecule has 0 aliphatic carbocycles. The van der Waals surface area contributed by atoms with Crippen LogP contribution in [0.4, 0.5) is 34.1 Å². The normalized spacial score (nSPS) is 18.0. The second-order valence-corrected chi connectivity index (χ2v) is 9.77. The number of hydrogen-bond acceptors (Lipinski definition) is 6.